The molecule has 1 amide bonds. The highest BCUT2D eigenvalue weighted by Crippen LogP contribution is 2.45. The molecule has 40 heavy (non-hydrogen) atoms. The number of amides is 1. The van der Waals surface area contributed by atoms with Crippen LogP contribution < -0.4 is 25.4 Å². The van der Waals surface area contributed by atoms with Crippen LogP contribution in [0.4, 0.5) is 0 Å². The monoisotopic (exact) mass is 582 g/mol. The van der Waals surface area contributed by atoms with Gasteiger partial charge in [0.05, 0.1) is 25.8 Å². The molecule has 2 saturated heterocycles. The van der Waals surface area contributed by atoms with Gasteiger partial charge >= 0.3 is 0 Å². The van der Waals surface area contributed by atoms with Crippen LogP contribution in [0.15, 0.2) is 66.7 Å². The zero-order chi connectivity index (χ0) is 28.3. The average Bonchev–Trinajstić information content (AvgIpc) is 3.38. The van der Waals surface area contributed by atoms with Gasteiger partial charge in [-0.15, -0.1) is 0 Å². The molecule has 0 radical (unpaired) electrons. The number of rotatable bonds is 8. The maximum atomic E-state index is 14.7. The predicted molar refractivity (Wildman–Crippen MR) is 159 cm³/mol. The van der Waals surface area contributed by atoms with Crippen molar-refractivity contribution in [2.24, 2.45) is 5.92 Å². The molecule has 2 aliphatic heterocycles. The molecule has 0 spiro atoms. The van der Waals surface area contributed by atoms with Crippen LogP contribution in [0.1, 0.15) is 42.6 Å². The van der Waals surface area contributed by atoms with Crippen molar-refractivity contribution < 1.29 is 14.3 Å². The van der Waals surface area contributed by atoms with Crippen molar-refractivity contribution in [1.29, 1.82) is 0 Å². The van der Waals surface area contributed by atoms with E-state index in [2.05, 4.69) is 29.8 Å². The van der Waals surface area contributed by atoms with Crippen LogP contribution in [0.2, 0.25) is 10.0 Å². The number of piperazine rings is 1. The van der Waals surface area contributed by atoms with E-state index in [1.807, 2.05) is 71.6 Å². The summed E-state index contributed by atoms with van der Waals surface area (Å²) in [6.45, 7) is 7.39. The smallest absolute Gasteiger partial charge is 0.262 e. The summed E-state index contributed by atoms with van der Waals surface area (Å²) in [5, 5.41) is 12.2. The zero-order valence-corrected chi connectivity index (χ0v) is 24.6. The van der Waals surface area contributed by atoms with E-state index in [1.54, 1.807) is 7.11 Å². The van der Waals surface area contributed by atoms with Gasteiger partial charge < -0.3 is 19.7 Å². The van der Waals surface area contributed by atoms with E-state index < -0.39 is 5.66 Å². The molecule has 2 heterocycles. The van der Waals surface area contributed by atoms with Gasteiger partial charge in [-0.3, -0.25) is 15.4 Å². The predicted octanol–water partition coefficient (Wildman–Crippen LogP) is 5.30. The van der Waals surface area contributed by atoms with Crippen molar-refractivity contribution in [3.05, 3.63) is 93.5 Å². The van der Waals surface area contributed by atoms with Crippen LogP contribution in [0, 0.1) is 5.92 Å². The van der Waals surface area contributed by atoms with Crippen molar-refractivity contribution in [3.8, 4) is 11.5 Å². The molecule has 0 aromatic heterocycles. The number of benzene rings is 3. The van der Waals surface area contributed by atoms with E-state index in [0.29, 0.717) is 52.7 Å². The highest BCUT2D eigenvalue weighted by atomic mass is 35.5. The molecule has 212 valence electrons. The van der Waals surface area contributed by atoms with Gasteiger partial charge in [0.15, 0.2) is 5.66 Å². The zero-order valence-electron chi connectivity index (χ0n) is 23.0. The summed E-state index contributed by atoms with van der Waals surface area (Å²) in [6.07, 6.45) is 0. The Morgan fingerprint density at radius 2 is 1.48 bits per heavy atom. The summed E-state index contributed by atoms with van der Waals surface area (Å²) < 4.78 is 11.9. The van der Waals surface area contributed by atoms with Gasteiger partial charge in [-0.25, -0.2) is 0 Å². The Bertz CT molecular complexity index is 1260. The number of nitrogens with one attached hydrogen (secondary N) is 3. The molecule has 2 atom stereocenters. The number of carbonyl (C=O) groups excluding carboxylic acids is 1. The molecular formula is C31H36Cl2N4O3. The van der Waals surface area contributed by atoms with Crippen molar-refractivity contribution in [1.82, 2.24) is 20.9 Å². The first-order valence-electron chi connectivity index (χ1n) is 13.7. The first kappa shape index (κ1) is 28.7. The minimum atomic E-state index is -1.27. The van der Waals surface area contributed by atoms with E-state index in [4.69, 9.17) is 32.7 Å². The largest absolute Gasteiger partial charge is 0.497 e. The van der Waals surface area contributed by atoms with Crippen molar-refractivity contribution >= 4 is 29.1 Å². The third-order valence-electron chi connectivity index (χ3n) is 7.43. The second-order valence-corrected chi connectivity index (χ2v) is 11.6. The molecule has 0 aliphatic carbocycles. The molecule has 2 unspecified atom stereocenters. The van der Waals surface area contributed by atoms with E-state index in [1.165, 1.54) is 0 Å². The number of halogens is 2. The summed E-state index contributed by atoms with van der Waals surface area (Å²) >= 11 is 12.5. The number of hydrogen-bond acceptors (Lipinski definition) is 6. The second kappa shape index (κ2) is 12.4. The molecule has 7 nitrogen and oxygen atoms in total. The van der Waals surface area contributed by atoms with E-state index in [9.17, 15) is 4.79 Å². The Balaban J connectivity index is 1.67. The average molecular weight is 584 g/mol. The van der Waals surface area contributed by atoms with Crippen LogP contribution >= 0.6 is 23.2 Å². The van der Waals surface area contributed by atoms with Crippen LogP contribution in [-0.2, 0) is 10.5 Å². The van der Waals surface area contributed by atoms with Gasteiger partial charge in [-0.2, -0.15) is 0 Å². The number of hydrogen-bond donors (Lipinski definition) is 3. The first-order valence-corrected chi connectivity index (χ1v) is 14.4. The van der Waals surface area contributed by atoms with E-state index >= 15 is 0 Å². The van der Waals surface area contributed by atoms with Crippen LogP contribution in [0.3, 0.4) is 0 Å². The van der Waals surface area contributed by atoms with Crippen LogP contribution in [0.5, 0.6) is 11.5 Å². The summed E-state index contributed by atoms with van der Waals surface area (Å²) in [4.78, 5) is 16.6. The molecule has 2 fully saturated rings. The van der Waals surface area contributed by atoms with E-state index in [-0.39, 0.29) is 18.0 Å². The molecule has 0 saturated carbocycles. The van der Waals surface area contributed by atoms with Gasteiger partial charge in [0.1, 0.15) is 11.5 Å². The molecule has 2 aliphatic rings. The lowest BCUT2D eigenvalue weighted by atomic mass is 9.95. The lowest BCUT2D eigenvalue weighted by Crippen LogP contribution is -2.61. The lowest BCUT2D eigenvalue weighted by Gasteiger charge is -2.38. The Morgan fingerprint density at radius 1 is 0.925 bits per heavy atom. The number of carbonyl (C=O) groups is 1. The Hall–Kier alpha value is -2.81. The van der Waals surface area contributed by atoms with Gasteiger partial charge in [0.2, 0.25) is 0 Å². The van der Waals surface area contributed by atoms with Crippen LogP contribution in [-0.4, -0.2) is 50.7 Å². The third-order valence-corrected chi connectivity index (χ3v) is 7.93. The Kier molecular flexibility index (Phi) is 8.88. The number of ether oxygens (including phenoxy) is 2. The molecular weight excluding hydrogens is 547 g/mol. The maximum absolute atomic E-state index is 14.7. The molecule has 5 rings (SSSR count). The van der Waals surface area contributed by atoms with Crippen molar-refractivity contribution in [2.75, 3.05) is 39.9 Å². The summed E-state index contributed by atoms with van der Waals surface area (Å²) in [7, 11) is 1.63. The second-order valence-electron chi connectivity index (χ2n) is 10.7. The van der Waals surface area contributed by atoms with Crippen LogP contribution in [0.25, 0.3) is 0 Å². The van der Waals surface area contributed by atoms with Gasteiger partial charge in [-0.1, -0.05) is 61.3 Å². The summed E-state index contributed by atoms with van der Waals surface area (Å²) in [6, 6.07) is 20.6. The SMILES string of the molecule is COc1ccc(C2(C(=O)N3CCNCC3)NC(c3ccc(Cl)cc3)C(c3ccc(Cl)cc3)N2)c(OCC(C)C)c1. The topological polar surface area (TPSA) is 74.9 Å². The minimum absolute atomic E-state index is 0.0519. The Morgan fingerprint density at radius 3 is 1.98 bits per heavy atom. The summed E-state index contributed by atoms with van der Waals surface area (Å²) in [5.41, 5.74) is 1.45. The van der Waals surface area contributed by atoms with Gasteiger partial charge in [0.25, 0.3) is 5.91 Å². The molecule has 3 aromatic rings. The molecule has 3 aromatic carbocycles. The molecule has 9 heteroatoms. The molecule has 0 bridgehead atoms. The Labute approximate surface area is 246 Å². The number of methoxy groups -OCH3 is 1. The fourth-order valence-electron chi connectivity index (χ4n) is 5.38. The highest BCUT2D eigenvalue weighted by molar-refractivity contribution is 6.30. The summed E-state index contributed by atoms with van der Waals surface area (Å²) in [5.74, 6) is 1.51. The number of nitrogens with zero attached hydrogens (tertiary/aromatic N) is 1. The fourth-order valence-corrected chi connectivity index (χ4v) is 5.63. The lowest BCUT2D eigenvalue weighted by molar-refractivity contribution is -0.140. The normalized spacial score (nSPS) is 22.9. The van der Waals surface area contributed by atoms with Gasteiger partial charge in [0, 0.05) is 47.9 Å². The third kappa shape index (κ3) is 5.94. The fraction of sp³-hybridized carbons (Fsp3) is 0.387. The van der Waals surface area contributed by atoms with E-state index in [0.717, 1.165) is 24.2 Å². The standard InChI is InChI=1S/C31H36Cl2N4O3/c1-20(2)19-40-27-18-25(39-3)12-13-26(27)31(30(38)37-16-14-34-15-17-37)35-28(21-4-8-23(32)9-5-21)29(36-31)22-6-10-24(33)11-7-22/h4-13,18,20,28-29,34-36H,14-17,19H2,1-3H3. The van der Waals surface area contributed by atoms with Gasteiger partial charge in [-0.05, 0) is 53.4 Å². The quantitative estimate of drug-likeness (QED) is 0.335. The maximum Gasteiger partial charge on any atom is 0.262 e. The first-order chi connectivity index (χ1) is 19.3. The minimum Gasteiger partial charge on any atom is -0.497 e. The van der Waals surface area contributed by atoms with Crippen molar-refractivity contribution in [2.45, 2.75) is 31.6 Å². The van der Waals surface area contributed by atoms with Crippen molar-refractivity contribution in [3.63, 3.8) is 0 Å². The molecule has 3 N–H and O–H groups in total. The highest BCUT2D eigenvalue weighted by Gasteiger charge is 2.54.